The molecule has 1 aliphatic rings. The Bertz CT molecular complexity index is 700. The van der Waals surface area contributed by atoms with E-state index < -0.39 is 15.6 Å². The zero-order valence-electron chi connectivity index (χ0n) is 14.2. The predicted molar refractivity (Wildman–Crippen MR) is 89.5 cm³/mol. The van der Waals surface area contributed by atoms with Gasteiger partial charge in [-0.25, -0.2) is 8.42 Å². The highest BCUT2D eigenvalue weighted by molar-refractivity contribution is 7.89. The fourth-order valence-corrected chi connectivity index (χ4v) is 4.07. The number of amides is 1. The largest absolute Gasteiger partial charge is 0.338 e. The minimum absolute atomic E-state index is 0.152. The number of hydrogen-bond acceptors (Lipinski definition) is 4. The lowest BCUT2D eigenvalue weighted by Gasteiger charge is -2.36. The van der Waals surface area contributed by atoms with E-state index in [1.54, 1.807) is 30.9 Å². The van der Waals surface area contributed by atoms with Crippen LogP contribution in [0, 0.1) is 13.8 Å². The van der Waals surface area contributed by atoms with E-state index in [2.05, 4.69) is 0 Å². The van der Waals surface area contributed by atoms with Gasteiger partial charge in [-0.3, -0.25) is 4.79 Å². The van der Waals surface area contributed by atoms with E-state index >= 15 is 0 Å². The van der Waals surface area contributed by atoms with Crippen LogP contribution in [0.3, 0.4) is 0 Å². The molecule has 1 fully saturated rings. The summed E-state index contributed by atoms with van der Waals surface area (Å²) in [6.07, 6.45) is 0. The van der Waals surface area contributed by atoms with Crippen LogP contribution in [-0.4, -0.2) is 55.2 Å². The summed E-state index contributed by atoms with van der Waals surface area (Å²) >= 11 is 0. The Hall–Kier alpha value is -1.44. The Morgan fingerprint density at radius 2 is 1.65 bits per heavy atom. The Morgan fingerprint density at radius 1 is 1.09 bits per heavy atom. The number of carbonyl (C=O) groups is 1. The van der Waals surface area contributed by atoms with Crippen LogP contribution in [-0.2, 0) is 14.8 Å². The zero-order valence-corrected chi connectivity index (χ0v) is 15.0. The van der Waals surface area contributed by atoms with Crippen molar-refractivity contribution in [1.29, 1.82) is 0 Å². The highest BCUT2D eigenvalue weighted by Gasteiger charge is 2.34. The van der Waals surface area contributed by atoms with E-state index in [4.69, 9.17) is 5.73 Å². The lowest BCUT2D eigenvalue weighted by Crippen LogP contribution is -2.57. The average Bonchev–Trinajstić information content (AvgIpc) is 2.48. The Labute approximate surface area is 138 Å². The minimum atomic E-state index is -3.52. The normalized spacial score (nSPS) is 17.3. The molecule has 7 heteroatoms. The molecule has 23 heavy (non-hydrogen) atoms. The predicted octanol–water partition coefficient (Wildman–Crippen LogP) is 0.874. The third-order valence-corrected chi connectivity index (χ3v) is 6.09. The van der Waals surface area contributed by atoms with Gasteiger partial charge in [-0.15, -0.1) is 0 Å². The van der Waals surface area contributed by atoms with Crippen molar-refractivity contribution >= 4 is 15.9 Å². The summed E-state index contributed by atoms with van der Waals surface area (Å²) < 4.78 is 26.9. The summed E-state index contributed by atoms with van der Waals surface area (Å²) in [7, 11) is -3.52. The quantitative estimate of drug-likeness (QED) is 0.886. The molecule has 0 aromatic heterocycles. The van der Waals surface area contributed by atoms with Crippen molar-refractivity contribution in [2.45, 2.75) is 38.1 Å². The van der Waals surface area contributed by atoms with Gasteiger partial charge in [0.25, 0.3) is 0 Å². The number of nitrogens with zero attached hydrogens (tertiary/aromatic N) is 2. The van der Waals surface area contributed by atoms with E-state index in [0.717, 1.165) is 11.1 Å². The van der Waals surface area contributed by atoms with Crippen molar-refractivity contribution in [1.82, 2.24) is 9.21 Å². The number of aryl methyl sites for hydroxylation is 2. The van der Waals surface area contributed by atoms with Gasteiger partial charge < -0.3 is 10.6 Å². The Kier molecular flexibility index (Phi) is 4.84. The molecule has 0 bridgehead atoms. The summed E-state index contributed by atoms with van der Waals surface area (Å²) in [5.74, 6) is -0.152. The van der Waals surface area contributed by atoms with E-state index in [0.29, 0.717) is 18.0 Å². The number of rotatable bonds is 3. The maximum Gasteiger partial charge on any atom is 0.243 e. The summed E-state index contributed by atoms with van der Waals surface area (Å²) in [5, 5.41) is 0. The van der Waals surface area contributed by atoms with Gasteiger partial charge in [-0.1, -0.05) is 6.07 Å². The lowest BCUT2D eigenvalue weighted by molar-refractivity contribution is -0.137. The second-order valence-electron chi connectivity index (χ2n) is 6.66. The summed E-state index contributed by atoms with van der Waals surface area (Å²) in [6.45, 7) is 8.47. The van der Waals surface area contributed by atoms with Crippen molar-refractivity contribution in [2.24, 2.45) is 5.73 Å². The lowest BCUT2D eigenvalue weighted by atomic mass is 10.1. The molecule has 0 unspecified atom stereocenters. The molecular formula is C16H25N3O3S. The fraction of sp³-hybridized carbons (Fsp3) is 0.562. The topological polar surface area (TPSA) is 83.7 Å². The van der Waals surface area contributed by atoms with E-state index in [-0.39, 0.29) is 19.0 Å². The third kappa shape index (κ3) is 3.73. The van der Waals surface area contributed by atoms with Gasteiger partial charge in [0.05, 0.1) is 10.4 Å². The van der Waals surface area contributed by atoms with Crippen molar-refractivity contribution in [3.8, 4) is 0 Å². The maximum atomic E-state index is 12.7. The number of carbonyl (C=O) groups excluding carboxylic acids is 1. The molecule has 0 atom stereocenters. The molecule has 0 saturated carbocycles. The van der Waals surface area contributed by atoms with Crippen LogP contribution >= 0.6 is 0 Å². The van der Waals surface area contributed by atoms with Crippen LogP contribution in [0.5, 0.6) is 0 Å². The van der Waals surface area contributed by atoms with Gasteiger partial charge in [0.15, 0.2) is 0 Å². The van der Waals surface area contributed by atoms with E-state index in [1.807, 2.05) is 19.9 Å². The van der Waals surface area contributed by atoms with Crippen molar-refractivity contribution in [2.75, 3.05) is 26.2 Å². The number of benzene rings is 1. The van der Waals surface area contributed by atoms with Gasteiger partial charge >= 0.3 is 0 Å². The van der Waals surface area contributed by atoms with E-state index in [1.165, 1.54) is 4.31 Å². The monoisotopic (exact) mass is 339 g/mol. The Balaban J connectivity index is 2.12. The van der Waals surface area contributed by atoms with Gasteiger partial charge in [0.2, 0.25) is 15.9 Å². The Morgan fingerprint density at radius 3 is 2.13 bits per heavy atom. The molecular weight excluding hydrogens is 314 g/mol. The van der Waals surface area contributed by atoms with Gasteiger partial charge in [0, 0.05) is 26.2 Å². The second kappa shape index (κ2) is 6.22. The molecule has 2 N–H and O–H groups in total. The van der Waals surface area contributed by atoms with Crippen molar-refractivity contribution in [3.63, 3.8) is 0 Å². The highest BCUT2D eigenvalue weighted by atomic mass is 32.2. The van der Waals surface area contributed by atoms with Crippen LogP contribution in [0.15, 0.2) is 23.1 Å². The molecule has 1 aromatic rings. The first-order valence-corrected chi connectivity index (χ1v) is 9.13. The first-order valence-electron chi connectivity index (χ1n) is 7.69. The standard InChI is InChI=1S/C16H25N3O3S/c1-12-5-6-14(11-13(12)2)23(21,22)19-9-7-18(8-10-19)15(20)16(3,4)17/h5-6,11H,7-10,17H2,1-4H3. The summed E-state index contributed by atoms with van der Waals surface area (Å²) in [5.41, 5.74) is 6.90. The molecule has 1 heterocycles. The molecule has 0 spiro atoms. The number of nitrogens with two attached hydrogens (primary N) is 1. The molecule has 0 radical (unpaired) electrons. The number of sulfonamides is 1. The van der Waals surface area contributed by atoms with Crippen LogP contribution in [0.4, 0.5) is 0 Å². The fourth-order valence-electron chi connectivity index (χ4n) is 2.56. The molecule has 1 aliphatic heterocycles. The van der Waals surface area contributed by atoms with Crippen molar-refractivity contribution in [3.05, 3.63) is 29.3 Å². The molecule has 1 saturated heterocycles. The molecule has 1 aromatic carbocycles. The maximum absolute atomic E-state index is 12.7. The molecule has 128 valence electrons. The van der Waals surface area contributed by atoms with Crippen LogP contribution in [0.2, 0.25) is 0 Å². The summed E-state index contributed by atoms with van der Waals surface area (Å²) in [4.78, 5) is 14.1. The zero-order chi connectivity index (χ0) is 17.4. The van der Waals surface area contributed by atoms with Gasteiger partial charge in [-0.05, 0) is 51.0 Å². The third-order valence-electron chi connectivity index (χ3n) is 4.19. The highest BCUT2D eigenvalue weighted by Crippen LogP contribution is 2.21. The average molecular weight is 339 g/mol. The molecule has 0 aliphatic carbocycles. The van der Waals surface area contributed by atoms with Crippen LogP contribution < -0.4 is 5.73 Å². The first-order chi connectivity index (χ1) is 10.5. The van der Waals surface area contributed by atoms with Crippen molar-refractivity contribution < 1.29 is 13.2 Å². The number of piperazine rings is 1. The van der Waals surface area contributed by atoms with Crippen LogP contribution in [0.1, 0.15) is 25.0 Å². The first kappa shape index (κ1) is 17.9. The number of hydrogen-bond donors (Lipinski definition) is 1. The molecule has 2 rings (SSSR count). The SMILES string of the molecule is Cc1ccc(S(=O)(=O)N2CCN(C(=O)C(C)(C)N)CC2)cc1C. The smallest absolute Gasteiger partial charge is 0.243 e. The minimum Gasteiger partial charge on any atom is -0.338 e. The molecule has 6 nitrogen and oxygen atoms in total. The van der Waals surface area contributed by atoms with Crippen LogP contribution in [0.25, 0.3) is 0 Å². The second-order valence-corrected chi connectivity index (χ2v) is 8.60. The molecule has 1 amide bonds. The summed E-state index contributed by atoms with van der Waals surface area (Å²) in [6, 6.07) is 5.16. The van der Waals surface area contributed by atoms with Gasteiger partial charge in [-0.2, -0.15) is 4.31 Å². The van der Waals surface area contributed by atoms with E-state index in [9.17, 15) is 13.2 Å². The van der Waals surface area contributed by atoms with Gasteiger partial charge in [0.1, 0.15) is 0 Å².